The smallest absolute Gasteiger partial charge is 0.264 e. The van der Waals surface area contributed by atoms with Gasteiger partial charge in [0.15, 0.2) is 4.90 Å². The predicted octanol–water partition coefficient (Wildman–Crippen LogP) is 3.04. The molecule has 2 heterocycles. The van der Waals surface area contributed by atoms with Crippen LogP contribution in [0.5, 0.6) is 0 Å². The third-order valence-corrected chi connectivity index (χ3v) is 7.69. The summed E-state index contributed by atoms with van der Waals surface area (Å²) >= 11 is 1.43. The van der Waals surface area contributed by atoms with E-state index in [1.54, 1.807) is 4.90 Å². The van der Waals surface area contributed by atoms with E-state index in [0.29, 0.717) is 4.88 Å². The Hall–Kier alpha value is -1.84. The van der Waals surface area contributed by atoms with E-state index in [4.69, 9.17) is 0 Å². The number of carbonyl (C=O) groups excluding carboxylic acids is 1. The highest BCUT2D eigenvalue weighted by molar-refractivity contribution is 7.89. The van der Waals surface area contributed by atoms with E-state index in [9.17, 15) is 22.0 Å². The van der Waals surface area contributed by atoms with Crippen LogP contribution in [0.25, 0.3) is 0 Å². The average Bonchev–Trinajstić information content (AvgIpc) is 3.01. The van der Waals surface area contributed by atoms with Crippen molar-refractivity contribution in [1.29, 1.82) is 0 Å². The van der Waals surface area contributed by atoms with Crippen LogP contribution < -0.4 is 0 Å². The molecule has 146 valence electrons. The molecule has 5 nitrogen and oxygen atoms in total. The molecule has 1 aliphatic rings. The Morgan fingerprint density at radius 2 is 1.74 bits per heavy atom. The molecule has 1 fully saturated rings. The zero-order valence-corrected chi connectivity index (χ0v) is 16.7. The molecule has 1 saturated heterocycles. The predicted molar refractivity (Wildman–Crippen MR) is 99.5 cm³/mol. The molecule has 0 unspecified atom stereocenters. The number of thiophene rings is 1. The van der Waals surface area contributed by atoms with Crippen molar-refractivity contribution in [2.24, 2.45) is 0 Å². The first kappa shape index (κ1) is 19.9. The zero-order chi connectivity index (χ0) is 19.8. The van der Waals surface area contributed by atoms with E-state index in [0.717, 1.165) is 39.4 Å². The Balaban J connectivity index is 1.74. The Labute approximate surface area is 161 Å². The number of carbonyl (C=O) groups is 1. The Kier molecular flexibility index (Phi) is 5.64. The number of benzene rings is 1. The monoisotopic (exact) mass is 414 g/mol. The number of aryl methyl sites for hydroxylation is 2. The van der Waals surface area contributed by atoms with Crippen molar-refractivity contribution < 1.29 is 22.0 Å². The van der Waals surface area contributed by atoms with Crippen molar-refractivity contribution >= 4 is 27.3 Å². The molecule has 0 aliphatic carbocycles. The first-order valence-corrected chi connectivity index (χ1v) is 10.8. The fraction of sp³-hybridized carbons (Fsp3) is 0.389. The van der Waals surface area contributed by atoms with Gasteiger partial charge in [-0.25, -0.2) is 17.2 Å². The van der Waals surface area contributed by atoms with Crippen molar-refractivity contribution in [3.8, 4) is 0 Å². The van der Waals surface area contributed by atoms with Gasteiger partial charge in [0.1, 0.15) is 11.6 Å². The molecule has 0 bridgehead atoms. The summed E-state index contributed by atoms with van der Waals surface area (Å²) < 4.78 is 54.0. The van der Waals surface area contributed by atoms with Gasteiger partial charge < -0.3 is 4.90 Å². The summed E-state index contributed by atoms with van der Waals surface area (Å²) in [7, 11) is -4.30. The summed E-state index contributed by atoms with van der Waals surface area (Å²) in [6.45, 7) is 4.32. The van der Waals surface area contributed by atoms with Gasteiger partial charge in [0.2, 0.25) is 10.0 Å². The molecule has 0 spiro atoms. The molecule has 1 amide bonds. The van der Waals surface area contributed by atoms with Gasteiger partial charge in [-0.2, -0.15) is 4.31 Å². The highest BCUT2D eigenvalue weighted by Crippen LogP contribution is 2.26. The third-order valence-electron chi connectivity index (χ3n) is 4.65. The lowest BCUT2D eigenvalue weighted by Gasteiger charge is -2.33. The number of piperazine rings is 1. The van der Waals surface area contributed by atoms with Gasteiger partial charge in [-0.3, -0.25) is 4.79 Å². The molecule has 1 aromatic carbocycles. The van der Waals surface area contributed by atoms with E-state index >= 15 is 0 Å². The number of rotatable bonds is 4. The number of hydrogen-bond donors (Lipinski definition) is 0. The summed E-state index contributed by atoms with van der Waals surface area (Å²) in [5, 5.41) is 0. The quantitative estimate of drug-likeness (QED) is 0.773. The van der Waals surface area contributed by atoms with E-state index < -0.39 is 26.6 Å². The molecule has 27 heavy (non-hydrogen) atoms. The highest BCUT2D eigenvalue weighted by Gasteiger charge is 2.34. The molecule has 0 atom stereocenters. The summed E-state index contributed by atoms with van der Waals surface area (Å²) in [6.07, 6.45) is 0.843. The minimum atomic E-state index is -4.30. The van der Waals surface area contributed by atoms with Crippen LogP contribution in [0.4, 0.5) is 8.78 Å². The summed E-state index contributed by atoms with van der Waals surface area (Å²) in [6, 6.07) is 4.83. The average molecular weight is 414 g/mol. The van der Waals surface area contributed by atoms with E-state index in [1.807, 2.05) is 19.9 Å². The maximum atomic E-state index is 13.9. The van der Waals surface area contributed by atoms with Crippen LogP contribution in [-0.4, -0.2) is 49.7 Å². The molecule has 0 radical (unpaired) electrons. The third kappa shape index (κ3) is 3.76. The maximum Gasteiger partial charge on any atom is 0.264 e. The van der Waals surface area contributed by atoms with E-state index in [-0.39, 0.29) is 32.1 Å². The lowest BCUT2D eigenvalue weighted by Crippen LogP contribution is -2.50. The number of amides is 1. The second-order valence-electron chi connectivity index (χ2n) is 6.29. The number of hydrogen-bond acceptors (Lipinski definition) is 4. The summed E-state index contributed by atoms with van der Waals surface area (Å²) in [4.78, 5) is 15.0. The Bertz CT molecular complexity index is 945. The minimum Gasteiger partial charge on any atom is -0.335 e. The molecule has 3 rings (SSSR count). The molecular weight excluding hydrogens is 394 g/mol. The van der Waals surface area contributed by atoms with E-state index in [1.165, 1.54) is 11.3 Å². The van der Waals surface area contributed by atoms with Crippen LogP contribution in [0.1, 0.15) is 27.0 Å². The van der Waals surface area contributed by atoms with Gasteiger partial charge in [0.05, 0.1) is 4.88 Å². The molecule has 0 N–H and O–H groups in total. The van der Waals surface area contributed by atoms with Gasteiger partial charge >= 0.3 is 0 Å². The summed E-state index contributed by atoms with van der Waals surface area (Å²) in [5.41, 5.74) is 1.12. The Morgan fingerprint density at radius 1 is 1.15 bits per heavy atom. The lowest BCUT2D eigenvalue weighted by molar-refractivity contribution is 0.0702. The lowest BCUT2D eigenvalue weighted by atomic mass is 10.2. The fourth-order valence-electron chi connectivity index (χ4n) is 3.12. The van der Waals surface area contributed by atoms with Crippen LogP contribution in [0, 0.1) is 18.6 Å². The van der Waals surface area contributed by atoms with Gasteiger partial charge in [-0.05, 0) is 37.1 Å². The molecule has 1 aromatic heterocycles. The van der Waals surface area contributed by atoms with E-state index in [2.05, 4.69) is 0 Å². The first-order chi connectivity index (χ1) is 12.8. The molecule has 9 heteroatoms. The molecule has 0 saturated carbocycles. The van der Waals surface area contributed by atoms with Gasteiger partial charge in [-0.15, -0.1) is 11.3 Å². The van der Waals surface area contributed by atoms with Gasteiger partial charge in [0.25, 0.3) is 5.91 Å². The first-order valence-electron chi connectivity index (χ1n) is 8.58. The zero-order valence-electron chi connectivity index (χ0n) is 15.0. The topological polar surface area (TPSA) is 57.7 Å². The normalized spacial score (nSPS) is 15.9. The van der Waals surface area contributed by atoms with Crippen molar-refractivity contribution in [1.82, 2.24) is 9.21 Å². The largest absolute Gasteiger partial charge is 0.335 e. The SMILES string of the molecule is CCc1cc(C(=O)N2CCN(S(=O)(=O)c3c(F)cccc3F)CC2)sc1C. The van der Waals surface area contributed by atoms with Crippen LogP contribution in [-0.2, 0) is 16.4 Å². The minimum absolute atomic E-state index is 0.00710. The van der Waals surface area contributed by atoms with Crippen molar-refractivity contribution in [3.63, 3.8) is 0 Å². The second kappa shape index (κ2) is 7.65. The summed E-state index contributed by atoms with van der Waals surface area (Å²) in [5.74, 6) is -2.37. The van der Waals surface area contributed by atoms with Crippen LogP contribution in [0.3, 0.4) is 0 Å². The van der Waals surface area contributed by atoms with Gasteiger partial charge in [-0.1, -0.05) is 13.0 Å². The van der Waals surface area contributed by atoms with Crippen LogP contribution >= 0.6 is 11.3 Å². The van der Waals surface area contributed by atoms with Crippen molar-refractivity contribution in [2.75, 3.05) is 26.2 Å². The standard InChI is InChI=1S/C18H20F2N2O3S2/c1-3-13-11-16(26-12(13)2)18(23)21-7-9-22(10-8-21)27(24,25)17-14(19)5-4-6-15(17)20/h4-6,11H,3,7-10H2,1-2H3. The fourth-order valence-corrected chi connectivity index (χ4v) is 5.73. The highest BCUT2D eigenvalue weighted by atomic mass is 32.2. The molecular formula is C18H20F2N2O3S2. The van der Waals surface area contributed by atoms with Gasteiger partial charge in [0, 0.05) is 31.1 Å². The molecule has 2 aromatic rings. The Morgan fingerprint density at radius 3 is 2.26 bits per heavy atom. The van der Waals surface area contributed by atoms with Crippen molar-refractivity contribution in [3.05, 3.63) is 51.2 Å². The number of sulfonamides is 1. The van der Waals surface area contributed by atoms with Crippen LogP contribution in [0.2, 0.25) is 0 Å². The van der Waals surface area contributed by atoms with Crippen molar-refractivity contribution in [2.45, 2.75) is 25.2 Å². The maximum absolute atomic E-state index is 13.9. The number of nitrogens with zero attached hydrogens (tertiary/aromatic N) is 2. The second-order valence-corrected chi connectivity index (χ2v) is 9.42. The molecule has 1 aliphatic heterocycles. The number of halogens is 2. The van der Waals surface area contributed by atoms with Crippen LogP contribution in [0.15, 0.2) is 29.2 Å².